The molecular formula is C16H26N6O2S. The molecule has 0 saturated carbocycles. The van der Waals surface area contributed by atoms with Gasteiger partial charge >= 0.3 is 0 Å². The molecule has 3 rings (SSSR count). The zero-order chi connectivity index (χ0) is 18.2. The number of anilines is 1. The molecule has 0 aromatic carbocycles. The van der Waals surface area contributed by atoms with Crippen LogP contribution in [0.25, 0.3) is 0 Å². The number of morpholine rings is 1. The van der Waals surface area contributed by atoms with Crippen molar-refractivity contribution in [1.82, 2.24) is 14.8 Å². The van der Waals surface area contributed by atoms with E-state index in [1.807, 2.05) is 6.20 Å². The fourth-order valence-electron chi connectivity index (χ4n) is 3.01. The number of aromatic nitrogens is 1. The van der Waals surface area contributed by atoms with Gasteiger partial charge < -0.3 is 9.64 Å². The highest BCUT2D eigenvalue weighted by Crippen LogP contribution is 2.24. The number of hydrogen-bond donors (Lipinski definition) is 0. The van der Waals surface area contributed by atoms with E-state index in [4.69, 9.17) is 10.00 Å². The van der Waals surface area contributed by atoms with Crippen LogP contribution in [-0.2, 0) is 11.3 Å². The highest BCUT2D eigenvalue weighted by atomic mass is 32.1. The molecule has 2 atom stereocenters. The summed E-state index contributed by atoms with van der Waals surface area (Å²) in [6, 6.07) is 0. The second-order valence-electron chi connectivity index (χ2n) is 6.46. The Balaban J connectivity index is 0.000000269. The average Bonchev–Trinajstić information content (AvgIpc) is 3.25. The first-order valence-electron chi connectivity index (χ1n) is 8.56. The molecule has 8 nitrogen and oxygen atoms in total. The average molecular weight is 366 g/mol. The van der Waals surface area contributed by atoms with Gasteiger partial charge in [-0.05, 0) is 26.7 Å². The quantitative estimate of drug-likeness (QED) is 0.459. The molecule has 0 amide bonds. The lowest BCUT2D eigenvalue weighted by molar-refractivity contribution is -0.0702. The summed E-state index contributed by atoms with van der Waals surface area (Å²) in [6.45, 7) is 8.85. The van der Waals surface area contributed by atoms with Crippen molar-refractivity contribution in [2.75, 3.05) is 38.2 Å². The lowest BCUT2D eigenvalue weighted by atomic mass is 10.2. The van der Waals surface area contributed by atoms with Crippen molar-refractivity contribution < 1.29 is 4.74 Å². The molecule has 9 heteroatoms. The van der Waals surface area contributed by atoms with Gasteiger partial charge in [-0.1, -0.05) is 11.3 Å². The first kappa shape index (κ1) is 19.6. The van der Waals surface area contributed by atoms with E-state index in [1.54, 1.807) is 11.9 Å². The van der Waals surface area contributed by atoms with Crippen molar-refractivity contribution in [3.05, 3.63) is 16.0 Å². The second kappa shape index (κ2) is 9.65. The minimum atomic E-state index is 0.264. The smallest absolute Gasteiger partial charge is 0.208 e. The maximum Gasteiger partial charge on any atom is 0.208 e. The van der Waals surface area contributed by atoms with Crippen LogP contribution < -0.4 is 5.01 Å². The zero-order valence-electron chi connectivity index (χ0n) is 15.1. The third-order valence-electron chi connectivity index (χ3n) is 4.06. The highest BCUT2D eigenvalue weighted by Gasteiger charge is 2.22. The summed E-state index contributed by atoms with van der Waals surface area (Å²) in [6.07, 6.45) is 6.84. The van der Waals surface area contributed by atoms with E-state index in [1.165, 1.54) is 29.2 Å². The minimum absolute atomic E-state index is 0.264. The van der Waals surface area contributed by atoms with E-state index in [9.17, 15) is 4.91 Å². The minimum Gasteiger partial charge on any atom is -0.373 e. The van der Waals surface area contributed by atoms with Crippen LogP contribution in [0, 0.1) is 16.4 Å². The van der Waals surface area contributed by atoms with Crippen LogP contribution in [0.2, 0.25) is 0 Å². The Morgan fingerprint density at radius 2 is 2.04 bits per heavy atom. The molecule has 0 aliphatic carbocycles. The van der Waals surface area contributed by atoms with Gasteiger partial charge in [0, 0.05) is 50.8 Å². The molecule has 0 N–H and O–H groups in total. The van der Waals surface area contributed by atoms with Crippen molar-refractivity contribution in [3.8, 4) is 6.19 Å². The molecule has 0 spiro atoms. The van der Waals surface area contributed by atoms with E-state index >= 15 is 0 Å². The highest BCUT2D eigenvalue weighted by molar-refractivity contribution is 7.15. The zero-order valence-corrected chi connectivity index (χ0v) is 15.9. The second-order valence-corrected chi connectivity index (χ2v) is 7.55. The Morgan fingerprint density at radius 3 is 2.56 bits per heavy atom. The summed E-state index contributed by atoms with van der Waals surface area (Å²) >= 11 is 1.50. The molecule has 1 aromatic rings. The summed E-state index contributed by atoms with van der Waals surface area (Å²) in [5.41, 5.74) is 0. The van der Waals surface area contributed by atoms with E-state index < -0.39 is 0 Å². The number of hydrogen-bond acceptors (Lipinski definition) is 8. The third kappa shape index (κ3) is 6.23. The molecule has 2 aliphatic heterocycles. The van der Waals surface area contributed by atoms with Gasteiger partial charge in [-0.3, -0.25) is 4.90 Å². The molecule has 2 aliphatic rings. The lowest BCUT2D eigenvalue weighted by Crippen LogP contribution is -2.44. The van der Waals surface area contributed by atoms with Gasteiger partial charge in [0.25, 0.3) is 0 Å². The van der Waals surface area contributed by atoms with Crippen LogP contribution in [0.5, 0.6) is 0 Å². The monoisotopic (exact) mass is 366 g/mol. The number of nitrogens with zero attached hydrogens (tertiary/aromatic N) is 6. The number of rotatable bonds is 4. The van der Waals surface area contributed by atoms with Gasteiger partial charge in [0.05, 0.1) is 17.5 Å². The number of thiazole rings is 1. The molecule has 3 heterocycles. The molecular weight excluding hydrogens is 340 g/mol. The number of nitriles is 1. The van der Waals surface area contributed by atoms with Gasteiger partial charge in [-0.25, -0.2) is 9.99 Å². The van der Waals surface area contributed by atoms with Gasteiger partial charge in [0.2, 0.25) is 5.13 Å². The van der Waals surface area contributed by atoms with Crippen LogP contribution >= 0.6 is 11.3 Å². The molecule has 0 bridgehead atoms. The molecule has 2 saturated heterocycles. The van der Waals surface area contributed by atoms with Crippen molar-refractivity contribution in [2.45, 2.75) is 45.4 Å². The van der Waals surface area contributed by atoms with Crippen LogP contribution in [0.4, 0.5) is 5.13 Å². The molecule has 1 aromatic heterocycles. The Bertz CT molecular complexity index is 573. The SMILES string of the molecule is CC1CN(Cc2cnc(N(C)N=O)s2)CC(C)O1.N#CN1CCCC1. The van der Waals surface area contributed by atoms with Gasteiger partial charge in [-0.2, -0.15) is 5.26 Å². The maximum atomic E-state index is 10.4. The van der Waals surface area contributed by atoms with E-state index in [0.29, 0.717) is 5.13 Å². The summed E-state index contributed by atoms with van der Waals surface area (Å²) in [5, 5.41) is 13.0. The van der Waals surface area contributed by atoms with Crippen LogP contribution in [0.15, 0.2) is 11.5 Å². The lowest BCUT2D eigenvalue weighted by Gasteiger charge is -2.34. The molecule has 25 heavy (non-hydrogen) atoms. The molecule has 138 valence electrons. The van der Waals surface area contributed by atoms with E-state index in [-0.39, 0.29) is 12.2 Å². The van der Waals surface area contributed by atoms with Gasteiger partial charge in [-0.15, -0.1) is 4.91 Å². The summed E-state index contributed by atoms with van der Waals surface area (Å²) in [5.74, 6) is 0. The fourth-order valence-corrected chi connectivity index (χ4v) is 3.86. The molecule has 0 radical (unpaired) electrons. The number of ether oxygens (including phenoxy) is 1. The Morgan fingerprint density at radius 1 is 1.40 bits per heavy atom. The van der Waals surface area contributed by atoms with Crippen molar-refractivity contribution in [3.63, 3.8) is 0 Å². The van der Waals surface area contributed by atoms with Gasteiger partial charge in [0.15, 0.2) is 6.19 Å². The van der Waals surface area contributed by atoms with Crippen LogP contribution in [-0.4, -0.2) is 60.2 Å². The molecule has 2 unspecified atom stereocenters. The first-order chi connectivity index (χ1) is 12.0. The predicted octanol–water partition coefficient (Wildman–Crippen LogP) is 2.43. The van der Waals surface area contributed by atoms with Crippen molar-refractivity contribution in [2.24, 2.45) is 5.29 Å². The van der Waals surface area contributed by atoms with E-state index in [0.717, 1.165) is 37.6 Å². The van der Waals surface area contributed by atoms with E-state index in [2.05, 4.69) is 35.2 Å². The normalized spacial score (nSPS) is 23.5. The Kier molecular flexibility index (Phi) is 7.55. The summed E-state index contributed by atoms with van der Waals surface area (Å²) in [4.78, 5) is 19.9. The standard InChI is InChI=1S/C11H18N4O2S.C5H8N2/c1-8-5-15(6-9(2)17-8)7-10-4-12-11(18-10)14(3)13-16;6-5-7-3-1-2-4-7/h4,8-9H,5-7H2,1-3H3;1-4H2. The Hall–Kier alpha value is -1.76. The summed E-state index contributed by atoms with van der Waals surface area (Å²) in [7, 11) is 1.61. The maximum absolute atomic E-state index is 10.4. The van der Waals surface area contributed by atoms with Crippen LogP contribution in [0.1, 0.15) is 31.6 Å². The van der Waals surface area contributed by atoms with Crippen LogP contribution in [0.3, 0.4) is 0 Å². The topological polar surface area (TPSA) is 85.1 Å². The molecule has 2 fully saturated rings. The number of nitroso groups, excluding NO2 is 1. The number of likely N-dealkylation sites (tertiary alicyclic amines) is 1. The summed E-state index contributed by atoms with van der Waals surface area (Å²) < 4.78 is 5.70. The predicted molar refractivity (Wildman–Crippen MR) is 98.0 cm³/mol. The van der Waals surface area contributed by atoms with Crippen molar-refractivity contribution >= 4 is 16.5 Å². The van der Waals surface area contributed by atoms with Crippen molar-refractivity contribution in [1.29, 1.82) is 5.26 Å². The Labute approximate surface area is 152 Å². The first-order valence-corrected chi connectivity index (χ1v) is 9.37. The third-order valence-corrected chi connectivity index (χ3v) is 5.11. The fraction of sp³-hybridized carbons (Fsp3) is 0.750. The largest absolute Gasteiger partial charge is 0.373 e. The van der Waals surface area contributed by atoms with Gasteiger partial charge in [0.1, 0.15) is 0 Å².